The van der Waals surface area contributed by atoms with Gasteiger partial charge in [-0.25, -0.2) is 13.6 Å². The van der Waals surface area contributed by atoms with Gasteiger partial charge in [0, 0.05) is 6.92 Å². The van der Waals surface area contributed by atoms with Crippen LogP contribution in [0.5, 0.6) is 0 Å². The van der Waals surface area contributed by atoms with Crippen molar-refractivity contribution in [3.05, 3.63) is 76.7 Å². The van der Waals surface area contributed by atoms with E-state index < -0.39 is 22.1 Å². The third-order valence-corrected chi connectivity index (χ3v) is 6.21. The van der Waals surface area contributed by atoms with Crippen molar-refractivity contribution in [1.29, 1.82) is 0 Å². The van der Waals surface area contributed by atoms with Crippen molar-refractivity contribution in [3.63, 3.8) is 0 Å². The van der Waals surface area contributed by atoms with Gasteiger partial charge in [0.15, 0.2) is 0 Å². The zero-order valence-electron chi connectivity index (χ0n) is 15.0. The predicted molar refractivity (Wildman–Crippen MR) is 107 cm³/mol. The van der Waals surface area contributed by atoms with Gasteiger partial charge >= 0.3 is 5.97 Å². The fraction of sp³-hybridized carbons (Fsp3) is 0.150. The number of benzene rings is 2. The van der Waals surface area contributed by atoms with Crippen LogP contribution in [0.1, 0.15) is 29.7 Å². The fourth-order valence-corrected chi connectivity index (χ4v) is 4.87. The number of aliphatic hydroxyl groups is 1. The van der Waals surface area contributed by atoms with Gasteiger partial charge in [-0.2, -0.15) is 0 Å². The molecule has 0 fully saturated rings. The van der Waals surface area contributed by atoms with Crippen LogP contribution in [0.15, 0.2) is 64.9 Å². The van der Waals surface area contributed by atoms with Crippen molar-refractivity contribution >= 4 is 27.3 Å². The van der Waals surface area contributed by atoms with Crippen LogP contribution in [-0.2, 0) is 26.2 Å². The highest BCUT2D eigenvalue weighted by molar-refractivity contribution is 7.89. The molecule has 3 N–H and O–H groups in total. The Balaban J connectivity index is 2.12. The van der Waals surface area contributed by atoms with Crippen molar-refractivity contribution < 1.29 is 23.1 Å². The Morgan fingerprint density at radius 3 is 2.50 bits per heavy atom. The molecule has 3 rings (SSSR count). The molecule has 146 valence electrons. The van der Waals surface area contributed by atoms with Gasteiger partial charge in [0.1, 0.15) is 17.6 Å². The minimum absolute atomic E-state index is 0.00655. The maximum Gasteiger partial charge on any atom is 0.302 e. The van der Waals surface area contributed by atoms with Crippen molar-refractivity contribution in [2.45, 2.75) is 24.5 Å². The van der Waals surface area contributed by atoms with E-state index in [2.05, 4.69) is 0 Å². The number of ether oxygens (including phenoxy) is 1. The SMILES string of the molecule is CC(=O)OCc1ccc(C(O)c2ccccc2)cc1-c1sccc1S(N)(=O)=O. The summed E-state index contributed by atoms with van der Waals surface area (Å²) in [6.07, 6.45) is -0.888. The highest BCUT2D eigenvalue weighted by atomic mass is 32.2. The minimum atomic E-state index is -3.93. The van der Waals surface area contributed by atoms with Crippen LogP contribution < -0.4 is 5.14 Å². The molecular formula is C20H19NO5S2. The second-order valence-corrected chi connectivity index (χ2v) is 8.62. The van der Waals surface area contributed by atoms with Crippen LogP contribution in [-0.4, -0.2) is 19.5 Å². The van der Waals surface area contributed by atoms with Crippen LogP contribution in [0.2, 0.25) is 0 Å². The molecule has 1 heterocycles. The Morgan fingerprint density at radius 2 is 1.86 bits per heavy atom. The van der Waals surface area contributed by atoms with Gasteiger partial charge in [-0.15, -0.1) is 11.3 Å². The number of hydrogen-bond donors (Lipinski definition) is 2. The first-order chi connectivity index (χ1) is 13.3. The molecule has 0 spiro atoms. The number of hydrogen-bond acceptors (Lipinski definition) is 6. The molecule has 0 aliphatic rings. The number of carbonyl (C=O) groups is 1. The summed E-state index contributed by atoms with van der Waals surface area (Å²) < 4.78 is 29.0. The number of primary sulfonamides is 1. The molecular weight excluding hydrogens is 398 g/mol. The molecule has 3 aromatic rings. The van der Waals surface area contributed by atoms with E-state index in [1.807, 2.05) is 18.2 Å². The lowest BCUT2D eigenvalue weighted by atomic mass is 9.96. The Morgan fingerprint density at radius 1 is 1.14 bits per heavy atom. The summed E-state index contributed by atoms with van der Waals surface area (Å²) in [6.45, 7) is 1.28. The first kappa shape index (κ1) is 20.2. The molecule has 1 atom stereocenters. The molecule has 28 heavy (non-hydrogen) atoms. The van der Waals surface area contributed by atoms with Gasteiger partial charge in [-0.3, -0.25) is 4.79 Å². The third kappa shape index (κ3) is 4.48. The number of nitrogens with two attached hydrogens (primary N) is 1. The van der Waals surface area contributed by atoms with Crippen molar-refractivity contribution in [3.8, 4) is 10.4 Å². The second-order valence-electron chi connectivity index (χ2n) is 6.17. The zero-order valence-corrected chi connectivity index (χ0v) is 16.7. The number of sulfonamides is 1. The molecule has 0 amide bonds. The van der Waals surface area contributed by atoms with E-state index in [0.717, 1.165) is 0 Å². The molecule has 8 heteroatoms. The smallest absolute Gasteiger partial charge is 0.302 e. The average molecular weight is 418 g/mol. The monoisotopic (exact) mass is 417 g/mol. The summed E-state index contributed by atoms with van der Waals surface area (Å²) in [5.74, 6) is -0.447. The molecule has 0 bridgehead atoms. The van der Waals surface area contributed by atoms with E-state index in [1.54, 1.807) is 35.7 Å². The number of rotatable bonds is 6. The van der Waals surface area contributed by atoms with Gasteiger partial charge in [0.2, 0.25) is 10.0 Å². The van der Waals surface area contributed by atoms with E-state index in [-0.39, 0.29) is 11.5 Å². The summed E-state index contributed by atoms with van der Waals surface area (Å²) in [7, 11) is -3.93. The molecule has 0 radical (unpaired) electrons. The van der Waals surface area contributed by atoms with Crippen LogP contribution in [0.4, 0.5) is 0 Å². The predicted octanol–water partition coefficient (Wildman–Crippen LogP) is 3.21. The molecule has 0 aliphatic heterocycles. The summed E-state index contributed by atoms with van der Waals surface area (Å²) in [5, 5.41) is 17.7. The van der Waals surface area contributed by atoms with Crippen LogP contribution >= 0.6 is 11.3 Å². The van der Waals surface area contributed by atoms with Crippen molar-refractivity contribution in [1.82, 2.24) is 0 Å². The molecule has 1 aromatic heterocycles. The molecule has 0 saturated heterocycles. The van der Waals surface area contributed by atoms with Gasteiger partial charge in [0.25, 0.3) is 0 Å². The van der Waals surface area contributed by atoms with E-state index in [4.69, 9.17) is 9.88 Å². The third-order valence-electron chi connectivity index (χ3n) is 4.18. The lowest BCUT2D eigenvalue weighted by Crippen LogP contribution is -2.12. The number of thiophene rings is 1. The molecule has 1 unspecified atom stereocenters. The van der Waals surface area contributed by atoms with Gasteiger partial charge in [0.05, 0.1) is 4.88 Å². The lowest BCUT2D eigenvalue weighted by Gasteiger charge is -2.16. The van der Waals surface area contributed by atoms with Crippen molar-refractivity contribution in [2.75, 3.05) is 0 Å². The first-order valence-electron chi connectivity index (χ1n) is 8.37. The van der Waals surface area contributed by atoms with E-state index >= 15 is 0 Å². The maximum absolute atomic E-state index is 12.0. The molecule has 2 aromatic carbocycles. The summed E-state index contributed by atoms with van der Waals surface area (Å²) >= 11 is 1.21. The molecule has 0 saturated carbocycles. The minimum Gasteiger partial charge on any atom is -0.461 e. The molecule has 6 nitrogen and oxygen atoms in total. The lowest BCUT2D eigenvalue weighted by molar-refractivity contribution is -0.142. The van der Waals surface area contributed by atoms with E-state index in [9.17, 15) is 18.3 Å². The maximum atomic E-state index is 12.0. The second kappa shape index (κ2) is 8.24. The first-order valence-corrected chi connectivity index (χ1v) is 10.8. The largest absolute Gasteiger partial charge is 0.461 e. The van der Waals surface area contributed by atoms with Crippen molar-refractivity contribution in [2.24, 2.45) is 5.14 Å². The Hall–Kier alpha value is -2.52. The highest BCUT2D eigenvalue weighted by Gasteiger charge is 2.21. The van der Waals surface area contributed by atoms with Gasteiger partial charge in [-0.1, -0.05) is 42.5 Å². The summed E-state index contributed by atoms with van der Waals surface area (Å²) in [6, 6.07) is 15.7. The van der Waals surface area contributed by atoms with Crippen LogP contribution in [0, 0.1) is 0 Å². The van der Waals surface area contributed by atoms with Gasteiger partial charge in [-0.05, 0) is 39.8 Å². The Labute approximate surface area is 167 Å². The van der Waals surface area contributed by atoms with E-state index in [1.165, 1.54) is 24.3 Å². The highest BCUT2D eigenvalue weighted by Crippen LogP contribution is 2.37. The number of aliphatic hydroxyl groups excluding tert-OH is 1. The van der Waals surface area contributed by atoms with E-state index in [0.29, 0.717) is 27.1 Å². The van der Waals surface area contributed by atoms with Crippen LogP contribution in [0.3, 0.4) is 0 Å². The fourth-order valence-electron chi connectivity index (χ4n) is 2.83. The molecule has 0 aliphatic carbocycles. The van der Waals surface area contributed by atoms with Crippen LogP contribution in [0.25, 0.3) is 10.4 Å². The number of esters is 1. The Kier molecular flexibility index (Phi) is 5.95. The normalized spacial score (nSPS) is 12.5. The standard InChI is InChI=1S/C20H19NO5S2/c1-13(22)26-12-16-8-7-15(19(23)14-5-3-2-4-6-14)11-17(16)20-18(9-10-27-20)28(21,24)25/h2-11,19,23H,12H2,1H3,(H2,21,24,25). The topological polar surface area (TPSA) is 107 Å². The Bertz CT molecular complexity index is 1090. The zero-order chi connectivity index (χ0) is 20.3. The van der Waals surface area contributed by atoms with Gasteiger partial charge < -0.3 is 9.84 Å². The number of carbonyl (C=O) groups excluding carboxylic acids is 1. The summed E-state index contributed by atoms with van der Waals surface area (Å²) in [5.41, 5.74) is 2.46. The summed E-state index contributed by atoms with van der Waals surface area (Å²) in [4.78, 5) is 11.7. The quantitative estimate of drug-likeness (QED) is 0.599. The average Bonchev–Trinajstić information content (AvgIpc) is 3.16.